The van der Waals surface area contributed by atoms with Crippen molar-refractivity contribution in [3.63, 3.8) is 0 Å². The maximum atomic E-state index is 9.10. The molecule has 0 spiro atoms. The van der Waals surface area contributed by atoms with E-state index in [1.807, 2.05) is 6.07 Å². The Morgan fingerprint density at radius 3 is 2.71 bits per heavy atom. The molecule has 1 heterocycles. The average molecular weight is 250 g/mol. The monoisotopic (exact) mass is 249 g/mol. The van der Waals surface area contributed by atoms with Gasteiger partial charge in [0.2, 0.25) is 0 Å². The number of nitrogens with zero attached hydrogens (tertiary/aromatic N) is 2. The van der Waals surface area contributed by atoms with Crippen molar-refractivity contribution < 1.29 is 0 Å². The quantitative estimate of drug-likeness (QED) is 0.876. The van der Waals surface area contributed by atoms with Crippen molar-refractivity contribution in [2.45, 2.75) is 12.8 Å². The van der Waals surface area contributed by atoms with Crippen LogP contribution >= 0.6 is 11.6 Å². The van der Waals surface area contributed by atoms with Gasteiger partial charge in [-0.2, -0.15) is 5.26 Å². The first-order valence-corrected chi connectivity index (χ1v) is 6.27. The van der Waals surface area contributed by atoms with E-state index < -0.39 is 0 Å². The van der Waals surface area contributed by atoms with Crippen LogP contribution in [0.5, 0.6) is 0 Å². The second kappa shape index (κ2) is 5.39. The summed E-state index contributed by atoms with van der Waals surface area (Å²) < 4.78 is 0. The van der Waals surface area contributed by atoms with E-state index in [0.717, 1.165) is 38.2 Å². The summed E-state index contributed by atoms with van der Waals surface area (Å²) in [4.78, 5) is 2.23. The zero-order valence-electron chi connectivity index (χ0n) is 9.69. The first kappa shape index (κ1) is 12.2. The van der Waals surface area contributed by atoms with Gasteiger partial charge in [-0.25, -0.2) is 0 Å². The van der Waals surface area contributed by atoms with Crippen molar-refractivity contribution in [3.05, 3.63) is 28.8 Å². The number of benzene rings is 1. The number of piperidine rings is 1. The van der Waals surface area contributed by atoms with E-state index in [0.29, 0.717) is 16.5 Å². The maximum absolute atomic E-state index is 9.10. The van der Waals surface area contributed by atoms with E-state index in [2.05, 4.69) is 11.0 Å². The summed E-state index contributed by atoms with van der Waals surface area (Å²) in [5, 5.41) is 9.78. The first-order valence-electron chi connectivity index (χ1n) is 5.89. The molecule has 0 aromatic heterocycles. The van der Waals surface area contributed by atoms with Gasteiger partial charge >= 0.3 is 0 Å². The fourth-order valence-corrected chi connectivity index (χ4v) is 2.44. The topological polar surface area (TPSA) is 53.0 Å². The van der Waals surface area contributed by atoms with E-state index in [1.165, 1.54) is 0 Å². The third-order valence-electron chi connectivity index (χ3n) is 3.37. The van der Waals surface area contributed by atoms with Gasteiger partial charge in [-0.1, -0.05) is 11.6 Å². The number of nitriles is 1. The Labute approximate surface area is 107 Å². The molecule has 0 aliphatic carbocycles. The minimum atomic E-state index is 0.621. The molecule has 1 aromatic carbocycles. The fraction of sp³-hybridized carbons (Fsp3) is 0.462. The molecule has 90 valence electrons. The number of hydrogen-bond acceptors (Lipinski definition) is 3. The predicted molar refractivity (Wildman–Crippen MR) is 70.2 cm³/mol. The van der Waals surface area contributed by atoms with Crippen molar-refractivity contribution in [1.82, 2.24) is 0 Å². The third-order valence-corrected chi connectivity index (χ3v) is 3.60. The molecule has 17 heavy (non-hydrogen) atoms. The SMILES string of the molecule is N#Cc1ccc(Cl)cc1N1CCC(CN)CC1. The van der Waals surface area contributed by atoms with Crippen LogP contribution in [0.25, 0.3) is 0 Å². The van der Waals surface area contributed by atoms with Crippen LogP contribution in [0.4, 0.5) is 5.69 Å². The van der Waals surface area contributed by atoms with Gasteiger partial charge < -0.3 is 10.6 Å². The Bertz CT molecular complexity index is 431. The lowest BCUT2D eigenvalue weighted by Crippen LogP contribution is -2.36. The van der Waals surface area contributed by atoms with Gasteiger partial charge in [-0.05, 0) is 43.5 Å². The maximum Gasteiger partial charge on any atom is 0.101 e. The molecular weight excluding hydrogens is 234 g/mol. The van der Waals surface area contributed by atoms with Gasteiger partial charge in [0.1, 0.15) is 6.07 Å². The van der Waals surface area contributed by atoms with Crippen molar-refractivity contribution >= 4 is 17.3 Å². The van der Waals surface area contributed by atoms with Gasteiger partial charge in [0.25, 0.3) is 0 Å². The summed E-state index contributed by atoms with van der Waals surface area (Å²) >= 11 is 5.99. The van der Waals surface area contributed by atoms with Gasteiger partial charge in [-0.3, -0.25) is 0 Å². The van der Waals surface area contributed by atoms with Crippen LogP contribution in [-0.4, -0.2) is 19.6 Å². The molecule has 0 unspecified atom stereocenters. The molecular formula is C13H16ClN3. The van der Waals surface area contributed by atoms with Crippen molar-refractivity contribution in [3.8, 4) is 6.07 Å². The molecule has 2 N–H and O–H groups in total. The lowest BCUT2D eigenvalue weighted by atomic mass is 9.96. The highest BCUT2D eigenvalue weighted by Crippen LogP contribution is 2.28. The molecule has 1 aliphatic rings. The number of hydrogen-bond donors (Lipinski definition) is 1. The second-order valence-electron chi connectivity index (χ2n) is 4.44. The summed E-state index contributed by atoms with van der Waals surface area (Å²) in [7, 11) is 0. The van der Waals surface area contributed by atoms with Crippen LogP contribution in [0.2, 0.25) is 5.02 Å². The van der Waals surface area contributed by atoms with Crippen molar-refractivity contribution in [2.24, 2.45) is 11.7 Å². The van der Waals surface area contributed by atoms with Crippen molar-refractivity contribution in [2.75, 3.05) is 24.5 Å². The minimum Gasteiger partial charge on any atom is -0.370 e. The van der Waals surface area contributed by atoms with E-state index in [-0.39, 0.29) is 0 Å². The van der Waals surface area contributed by atoms with E-state index in [4.69, 9.17) is 22.6 Å². The second-order valence-corrected chi connectivity index (χ2v) is 4.88. The lowest BCUT2D eigenvalue weighted by Gasteiger charge is -2.33. The molecule has 1 aromatic rings. The molecule has 0 atom stereocenters. The number of halogens is 1. The molecule has 2 rings (SSSR count). The van der Waals surface area contributed by atoms with Crippen LogP contribution < -0.4 is 10.6 Å². The summed E-state index contributed by atoms with van der Waals surface area (Å²) in [6, 6.07) is 7.64. The fourth-order valence-electron chi connectivity index (χ4n) is 2.27. The van der Waals surface area contributed by atoms with E-state index in [1.54, 1.807) is 12.1 Å². The van der Waals surface area contributed by atoms with Gasteiger partial charge in [0.15, 0.2) is 0 Å². The predicted octanol–water partition coefficient (Wildman–Crippen LogP) is 2.39. The van der Waals surface area contributed by atoms with Gasteiger partial charge in [0.05, 0.1) is 11.3 Å². The van der Waals surface area contributed by atoms with Gasteiger partial charge in [-0.15, -0.1) is 0 Å². The Kier molecular flexibility index (Phi) is 3.88. The molecule has 1 saturated heterocycles. The standard InChI is InChI=1S/C13H16ClN3/c14-12-2-1-11(9-16)13(7-12)17-5-3-10(8-15)4-6-17/h1-2,7,10H,3-6,8,15H2. The van der Waals surface area contributed by atoms with Crippen LogP contribution in [0.3, 0.4) is 0 Å². The van der Waals surface area contributed by atoms with E-state index >= 15 is 0 Å². The number of anilines is 1. The Morgan fingerprint density at radius 2 is 2.12 bits per heavy atom. The summed E-state index contributed by atoms with van der Waals surface area (Å²) in [6.07, 6.45) is 2.18. The molecule has 1 fully saturated rings. The van der Waals surface area contributed by atoms with Crippen LogP contribution in [0.1, 0.15) is 18.4 Å². The first-order chi connectivity index (χ1) is 8.24. The largest absolute Gasteiger partial charge is 0.370 e. The molecule has 0 radical (unpaired) electrons. The third kappa shape index (κ3) is 2.71. The highest BCUT2D eigenvalue weighted by molar-refractivity contribution is 6.30. The zero-order valence-corrected chi connectivity index (χ0v) is 10.5. The Hall–Kier alpha value is -1.24. The zero-order chi connectivity index (χ0) is 12.3. The molecule has 3 nitrogen and oxygen atoms in total. The minimum absolute atomic E-state index is 0.621. The summed E-state index contributed by atoms with van der Waals surface area (Å²) in [5.74, 6) is 0.621. The number of nitrogens with two attached hydrogens (primary N) is 1. The average Bonchev–Trinajstić information content (AvgIpc) is 2.39. The van der Waals surface area contributed by atoms with E-state index in [9.17, 15) is 0 Å². The van der Waals surface area contributed by atoms with Gasteiger partial charge in [0, 0.05) is 18.1 Å². The molecule has 0 saturated carbocycles. The smallest absolute Gasteiger partial charge is 0.101 e. The van der Waals surface area contributed by atoms with Crippen LogP contribution in [0.15, 0.2) is 18.2 Å². The summed E-state index contributed by atoms with van der Waals surface area (Å²) in [5.41, 5.74) is 7.32. The molecule has 4 heteroatoms. The lowest BCUT2D eigenvalue weighted by molar-refractivity contribution is 0.414. The number of rotatable bonds is 2. The van der Waals surface area contributed by atoms with Crippen molar-refractivity contribution in [1.29, 1.82) is 5.26 Å². The molecule has 0 amide bonds. The normalized spacial score (nSPS) is 16.9. The van der Waals surface area contributed by atoms with Crippen LogP contribution in [-0.2, 0) is 0 Å². The van der Waals surface area contributed by atoms with Crippen LogP contribution in [0, 0.1) is 17.2 Å². The highest BCUT2D eigenvalue weighted by Gasteiger charge is 2.20. The Balaban J connectivity index is 2.18. The molecule has 0 bridgehead atoms. The highest BCUT2D eigenvalue weighted by atomic mass is 35.5. The molecule has 1 aliphatic heterocycles. The Morgan fingerprint density at radius 1 is 1.41 bits per heavy atom. The summed E-state index contributed by atoms with van der Waals surface area (Å²) in [6.45, 7) is 2.67.